The molecule has 0 aliphatic carbocycles. The van der Waals surface area contributed by atoms with Gasteiger partial charge in [0.2, 0.25) is 5.91 Å². The van der Waals surface area contributed by atoms with Gasteiger partial charge in [-0.3, -0.25) is 9.69 Å². The van der Waals surface area contributed by atoms with E-state index in [0.717, 1.165) is 43.8 Å². The number of benzene rings is 2. The average Bonchev–Trinajstić information content (AvgIpc) is 3.09. The molecule has 0 radical (unpaired) electrons. The SMILES string of the molecule is CC(C)n1c(CN2CCC(C(=O)Nc3ccc(Cl)c(Cl)c3)CC2)nc2ccccc21. The van der Waals surface area contributed by atoms with Crippen molar-refractivity contribution in [2.75, 3.05) is 18.4 Å². The zero-order chi connectivity index (χ0) is 21.3. The fourth-order valence-electron chi connectivity index (χ4n) is 4.15. The molecule has 158 valence electrons. The lowest BCUT2D eigenvalue weighted by molar-refractivity contribution is -0.121. The third kappa shape index (κ3) is 4.48. The number of fused-ring (bicyclic) bond motifs is 1. The highest BCUT2D eigenvalue weighted by Gasteiger charge is 2.26. The lowest BCUT2D eigenvalue weighted by Crippen LogP contribution is -2.38. The molecule has 0 saturated carbocycles. The molecule has 7 heteroatoms. The van der Waals surface area contributed by atoms with Crippen LogP contribution in [-0.2, 0) is 11.3 Å². The predicted molar refractivity (Wildman–Crippen MR) is 123 cm³/mol. The van der Waals surface area contributed by atoms with Crippen LogP contribution in [0.15, 0.2) is 42.5 Å². The molecule has 1 saturated heterocycles. The normalized spacial score (nSPS) is 15.8. The number of rotatable bonds is 5. The van der Waals surface area contributed by atoms with Gasteiger partial charge in [-0.25, -0.2) is 4.98 Å². The predicted octanol–water partition coefficient (Wildman–Crippen LogP) is 5.77. The summed E-state index contributed by atoms with van der Waals surface area (Å²) in [5.41, 5.74) is 2.90. The molecule has 0 bridgehead atoms. The van der Waals surface area contributed by atoms with Crippen LogP contribution < -0.4 is 5.32 Å². The summed E-state index contributed by atoms with van der Waals surface area (Å²) in [6.45, 7) is 6.93. The highest BCUT2D eigenvalue weighted by molar-refractivity contribution is 6.42. The first-order valence-corrected chi connectivity index (χ1v) is 11.1. The highest BCUT2D eigenvalue weighted by atomic mass is 35.5. The number of hydrogen-bond donors (Lipinski definition) is 1. The minimum absolute atomic E-state index is 0.000352. The zero-order valence-corrected chi connectivity index (χ0v) is 18.7. The number of amides is 1. The second-order valence-electron chi connectivity index (χ2n) is 8.15. The fraction of sp³-hybridized carbons (Fsp3) is 0.391. The van der Waals surface area contributed by atoms with Gasteiger partial charge in [0.05, 0.1) is 27.6 Å². The van der Waals surface area contributed by atoms with E-state index in [2.05, 4.69) is 46.8 Å². The van der Waals surface area contributed by atoms with Gasteiger partial charge in [-0.05, 0) is 70.1 Å². The van der Waals surface area contributed by atoms with Gasteiger partial charge in [0.1, 0.15) is 5.82 Å². The average molecular weight is 445 g/mol. The second kappa shape index (κ2) is 8.96. The van der Waals surface area contributed by atoms with Crippen molar-refractivity contribution in [2.45, 2.75) is 39.3 Å². The van der Waals surface area contributed by atoms with Crippen molar-refractivity contribution in [3.05, 3.63) is 58.3 Å². The molecular formula is C23H26Cl2N4O. The quantitative estimate of drug-likeness (QED) is 0.542. The fourth-order valence-corrected chi connectivity index (χ4v) is 4.45. The molecule has 1 aliphatic heterocycles. The van der Waals surface area contributed by atoms with E-state index in [1.54, 1.807) is 18.2 Å². The summed E-state index contributed by atoms with van der Waals surface area (Å²) in [5, 5.41) is 3.89. The van der Waals surface area contributed by atoms with Crippen molar-refractivity contribution in [1.29, 1.82) is 0 Å². The number of para-hydroxylation sites is 2. The van der Waals surface area contributed by atoms with Crippen LogP contribution in [0.4, 0.5) is 5.69 Å². The molecule has 4 rings (SSSR count). The van der Waals surface area contributed by atoms with E-state index in [1.165, 1.54) is 5.52 Å². The Bertz CT molecular complexity index is 1050. The molecule has 2 heterocycles. The maximum Gasteiger partial charge on any atom is 0.227 e. The van der Waals surface area contributed by atoms with E-state index in [9.17, 15) is 4.79 Å². The Hall–Kier alpha value is -2.08. The van der Waals surface area contributed by atoms with E-state index in [-0.39, 0.29) is 11.8 Å². The summed E-state index contributed by atoms with van der Waals surface area (Å²) in [6, 6.07) is 13.8. The van der Waals surface area contributed by atoms with Gasteiger partial charge in [-0.1, -0.05) is 35.3 Å². The number of halogens is 2. The molecule has 2 aromatic carbocycles. The molecule has 0 spiro atoms. The van der Waals surface area contributed by atoms with E-state index in [4.69, 9.17) is 28.2 Å². The van der Waals surface area contributed by atoms with Crippen LogP contribution in [-0.4, -0.2) is 33.4 Å². The Labute approximate surface area is 187 Å². The Balaban J connectivity index is 1.38. The number of hydrogen-bond acceptors (Lipinski definition) is 3. The molecule has 0 atom stereocenters. The molecule has 1 aromatic heterocycles. The summed E-state index contributed by atoms with van der Waals surface area (Å²) in [5.74, 6) is 1.13. The van der Waals surface area contributed by atoms with Crippen molar-refractivity contribution in [3.8, 4) is 0 Å². The van der Waals surface area contributed by atoms with Crippen molar-refractivity contribution >= 4 is 45.8 Å². The Kier molecular flexibility index (Phi) is 6.32. The first-order chi connectivity index (χ1) is 14.4. The van der Waals surface area contributed by atoms with E-state index in [1.807, 2.05) is 6.07 Å². The standard InChI is InChI=1S/C23H26Cl2N4O/c1-15(2)29-21-6-4-3-5-20(21)27-22(29)14-28-11-9-16(10-12-28)23(30)26-17-7-8-18(24)19(25)13-17/h3-8,13,15-16H,9-12,14H2,1-2H3,(H,26,30). The number of carbonyl (C=O) groups is 1. The number of aromatic nitrogens is 2. The van der Waals surface area contributed by atoms with Crippen molar-refractivity contribution in [2.24, 2.45) is 5.92 Å². The molecule has 1 fully saturated rings. The van der Waals surface area contributed by atoms with Gasteiger partial charge < -0.3 is 9.88 Å². The maximum atomic E-state index is 12.7. The Morgan fingerprint density at radius 2 is 1.87 bits per heavy atom. The Morgan fingerprint density at radius 3 is 2.57 bits per heavy atom. The van der Waals surface area contributed by atoms with Crippen molar-refractivity contribution < 1.29 is 4.79 Å². The summed E-state index contributed by atoms with van der Waals surface area (Å²) < 4.78 is 2.32. The van der Waals surface area contributed by atoms with Crippen LogP contribution in [0.5, 0.6) is 0 Å². The molecule has 0 unspecified atom stereocenters. The molecule has 1 aliphatic rings. The van der Waals surface area contributed by atoms with Gasteiger partial charge in [0.15, 0.2) is 0 Å². The second-order valence-corrected chi connectivity index (χ2v) is 8.96. The zero-order valence-electron chi connectivity index (χ0n) is 17.2. The minimum atomic E-state index is -0.000352. The topological polar surface area (TPSA) is 50.2 Å². The summed E-state index contributed by atoms with van der Waals surface area (Å²) in [6.07, 6.45) is 1.66. The van der Waals surface area contributed by atoms with Gasteiger partial charge in [-0.15, -0.1) is 0 Å². The van der Waals surface area contributed by atoms with Crippen LogP contribution in [0.25, 0.3) is 11.0 Å². The first kappa shape index (κ1) is 21.2. The van der Waals surface area contributed by atoms with E-state index >= 15 is 0 Å². The third-order valence-electron chi connectivity index (χ3n) is 5.70. The molecule has 3 aromatic rings. The molecule has 1 amide bonds. The number of imidazole rings is 1. The van der Waals surface area contributed by atoms with Gasteiger partial charge in [-0.2, -0.15) is 0 Å². The lowest BCUT2D eigenvalue weighted by Gasteiger charge is -2.31. The number of carbonyl (C=O) groups excluding carboxylic acids is 1. The largest absolute Gasteiger partial charge is 0.326 e. The van der Waals surface area contributed by atoms with Crippen LogP contribution in [0.3, 0.4) is 0 Å². The summed E-state index contributed by atoms with van der Waals surface area (Å²) in [4.78, 5) is 19.9. The number of piperidine rings is 1. The van der Waals surface area contributed by atoms with Crippen LogP contribution in [0.1, 0.15) is 38.6 Å². The third-order valence-corrected chi connectivity index (χ3v) is 6.43. The van der Waals surface area contributed by atoms with Crippen LogP contribution in [0, 0.1) is 5.92 Å². The molecule has 30 heavy (non-hydrogen) atoms. The number of nitrogens with zero attached hydrogens (tertiary/aromatic N) is 3. The molecule has 1 N–H and O–H groups in total. The van der Waals surface area contributed by atoms with E-state index < -0.39 is 0 Å². The van der Waals surface area contributed by atoms with Gasteiger partial charge in [0.25, 0.3) is 0 Å². The number of likely N-dealkylation sites (tertiary alicyclic amines) is 1. The monoisotopic (exact) mass is 444 g/mol. The summed E-state index contributed by atoms with van der Waals surface area (Å²) in [7, 11) is 0. The molecule has 5 nitrogen and oxygen atoms in total. The smallest absolute Gasteiger partial charge is 0.227 e. The number of nitrogens with one attached hydrogen (secondary N) is 1. The van der Waals surface area contributed by atoms with E-state index in [0.29, 0.717) is 21.8 Å². The minimum Gasteiger partial charge on any atom is -0.326 e. The lowest BCUT2D eigenvalue weighted by atomic mass is 9.96. The molecular weight excluding hydrogens is 419 g/mol. The highest BCUT2D eigenvalue weighted by Crippen LogP contribution is 2.27. The van der Waals surface area contributed by atoms with Crippen LogP contribution in [0.2, 0.25) is 10.0 Å². The first-order valence-electron chi connectivity index (χ1n) is 10.4. The van der Waals surface area contributed by atoms with Crippen molar-refractivity contribution in [3.63, 3.8) is 0 Å². The maximum absolute atomic E-state index is 12.7. The van der Waals surface area contributed by atoms with Crippen LogP contribution >= 0.6 is 23.2 Å². The van der Waals surface area contributed by atoms with Gasteiger partial charge >= 0.3 is 0 Å². The number of anilines is 1. The Morgan fingerprint density at radius 1 is 1.13 bits per heavy atom. The van der Waals surface area contributed by atoms with Gasteiger partial charge in [0, 0.05) is 17.6 Å². The van der Waals surface area contributed by atoms with Crippen molar-refractivity contribution in [1.82, 2.24) is 14.5 Å². The summed E-state index contributed by atoms with van der Waals surface area (Å²) >= 11 is 12.0.